The summed E-state index contributed by atoms with van der Waals surface area (Å²) in [5.41, 5.74) is 2.39. The van der Waals surface area contributed by atoms with Gasteiger partial charge < -0.3 is 0 Å². The highest BCUT2D eigenvalue weighted by molar-refractivity contribution is 5.34. The summed E-state index contributed by atoms with van der Waals surface area (Å²) in [6.45, 7) is 2.60. The first-order valence-electron chi connectivity index (χ1n) is 4.48. The number of hydrogen-bond acceptors (Lipinski definition) is 2. The fourth-order valence-electron chi connectivity index (χ4n) is 1.22. The summed E-state index contributed by atoms with van der Waals surface area (Å²) in [6.07, 6.45) is 3.80. The summed E-state index contributed by atoms with van der Waals surface area (Å²) in [4.78, 5) is 13.4. The first-order valence-corrected chi connectivity index (χ1v) is 4.48. The van der Waals surface area contributed by atoms with Crippen LogP contribution in [0, 0.1) is 0 Å². The molecule has 0 bridgehead atoms. The molecule has 1 rings (SSSR count). The predicted molar refractivity (Wildman–Crippen MR) is 52.3 cm³/mol. The highest BCUT2D eigenvalue weighted by Gasteiger charge is 1.92. The molecule has 0 radical (unpaired) electrons. The van der Waals surface area contributed by atoms with Crippen molar-refractivity contribution in [3.05, 3.63) is 35.4 Å². The summed E-state index contributed by atoms with van der Waals surface area (Å²) in [5, 5.41) is 0. The minimum atomic E-state index is 0.440. The van der Waals surface area contributed by atoms with E-state index < -0.39 is 0 Å². The van der Waals surface area contributed by atoms with Crippen molar-refractivity contribution in [2.24, 2.45) is 4.99 Å². The second-order valence-corrected chi connectivity index (χ2v) is 2.97. The van der Waals surface area contributed by atoms with Crippen molar-refractivity contribution in [2.45, 2.75) is 26.3 Å². The van der Waals surface area contributed by atoms with Crippen molar-refractivity contribution in [1.29, 1.82) is 0 Å². The lowest BCUT2D eigenvalue weighted by molar-refractivity contribution is 0.563. The Morgan fingerprint density at radius 2 is 1.85 bits per heavy atom. The second-order valence-electron chi connectivity index (χ2n) is 2.97. The van der Waals surface area contributed by atoms with E-state index in [-0.39, 0.29) is 0 Å². The number of carbonyl (C=O) groups excluding carboxylic acids is 1. The minimum Gasteiger partial charge on any atom is -0.211 e. The van der Waals surface area contributed by atoms with Crippen LogP contribution in [0.25, 0.3) is 0 Å². The van der Waals surface area contributed by atoms with E-state index >= 15 is 0 Å². The van der Waals surface area contributed by atoms with Gasteiger partial charge in [-0.1, -0.05) is 37.6 Å². The SMILES string of the molecule is CCCc1ccc(CN=C=O)cc1. The summed E-state index contributed by atoms with van der Waals surface area (Å²) in [6, 6.07) is 8.18. The smallest absolute Gasteiger partial charge is 0.211 e. The Balaban J connectivity index is 2.63. The monoisotopic (exact) mass is 175 g/mol. The molecular formula is C11H13NO. The van der Waals surface area contributed by atoms with Gasteiger partial charge in [-0.25, -0.2) is 9.79 Å². The van der Waals surface area contributed by atoms with Gasteiger partial charge in [0.25, 0.3) is 0 Å². The van der Waals surface area contributed by atoms with Gasteiger partial charge in [0.1, 0.15) is 0 Å². The fourth-order valence-corrected chi connectivity index (χ4v) is 1.22. The molecule has 2 nitrogen and oxygen atoms in total. The molecule has 0 atom stereocenters. The molecule has 0 fully saturated rings. The molecule has 0 aromatic heterocycles. The lowest BCUT2D eigenvalue weighted by Gasteiger charge is -1.99. The van der Waals surface area contributed by atoms with E-state index in [2.05, 4.69) is 24.0 Å². The third-order valence-corrected chi connectivity index (χ3v) is 1.89. The molecule has 0 saturated carbocycles. The van der Waals surface area contributed by atoms with Gasteiger partial charge in [-0.15, -0.1) is 0 Å². The van der Waals surface area contributed by atoms with Gasteiger partial charge in [-0.3, -0.25) is 0 Å². The van der Waals surface area contributed by atoms with Crippen LogP contribution in [-0.4, -0.2) is 6.08 Å². The molecule has 1 aromatic carbocycles. The van der Waals surface area contributed by atoms with E-state index in [1.807, 2.05) is 12.1 Å². The summed E-state index contributed by atoms with van der Waals surface area (Å²) < 4.78 is 0. The van der Waals surface area contributed by atoms with Crippen LogP contribution < -0.4 is 0 Å². The summed E-state index contributed by atoms with van der Waals surface area (Å²) >= 11 is 0. The largest absolute Gasteiger partial charge is 0.235 e. The zero-order valence-electron chi connectivity index (χ0n) is 7.79. The number of aliphatic imine (C=N–C) groups is 1. The topological polar surface area (TPSA) is 29.4 Å². The van der Waals surface area contributed by atoms with E-state index in [4.69, 9.17) is 0 Å². The lowest BCUT2D eigenvalue weighted by atomic mass is 10.1. The average Bonchev–Trinajstić information content (AvgIpc) is 2.17. The Labute approximate surface area is 78.3 Å². The van der Waals surface area contributed by atoms with Crippen molar-refractivity contribution in [2.75, 3.05) is 0 Å². The average molecular weight is 175 g/mol. The van der Waals surface area contributed by atoms with Gasteiger partial charge in [-0.2, -0.15) is 0 Å². The van der Waals surface area contributed by atoms with Crippen molar-refractivity contribution >= 4 is 6.08 Å². The molecule has 0 amide bonds. The zero-order valence-corrected chi connectivity index (χ0v) is 7.79. The van der Waals surface area contributed by atoms with E-state index in [1.165, 1.54) is 11.6 Å². The number of nitrogens with zero attached hydrogens (tertiary/aromatic N) is 1. The molecule has 2 heteroatoms. The van der Waals surface area contributed by atoms with E-state index in [0.29, 0.717) is 6.54 Å². The van der Waals surface area contributed by atoms with Gasteiger partial charge in [0.2, 0.25) is 6.08 Å². The molecule has 0 heterocycles. The number of benzene rings is 1. The van der Waals surface area contributed by atoms with Crippen LogP contribution in [0.5, 0.6) is 0 Å². The van der Waals surface area contributed by atoms with Crippen molar-refractivity contribution in [3.63, 3.8) is 0 Å². The fraction of sp³-hybridized carbons (Fsp3) is 0.364. The van der Waals surface area contributed by atoms with Crippen LogP contribution in [0.2, 0.25) is 0 Å². The lowest BCUT2D eigenvalue weighted by Crippen LogP contribution is -1.85. The molecule has 0 unspecified atom stereocenters. The Hall–Kier alpha value is -1.40. The van der Waals surface area contributed by atoms with Crippen LogP contribution in [0.15, 0.2) is 29.3 Å². The molecule has 13 heavy (non-hydrogen) atoms. The third-order valence-electron chi connectivity index (χ3n) is 1.89. The second kappa shape index (κ2) is 5.28. The first-order chi connectivity index (χ1) is 6.36. The van der Waals surface area contributed by atoms with Crippen LogP contribution in [0.1, 0.15) is 24.5 Å². The molecule has 0 aliphatic rings. The Morgan fingerprint density at radius 3 is 2.38 bits per heavy atom. The molecule has 0 aliphatic heterocycles. The summed E-state index contributed by atoms with van der Waals surface area (Å²) in [7, 11) is 0. The first kappa shape index (κ1) is 9.69. The van der Waals surface area contributed by atoms with Gasteiger partial charge in [-0.05, 0) is 17.5 Å². The van der Waals surface area contributed by atoms with Gasteiger partial charge in [0, 0.05) is 0 Å². The highest BCUT2D eigenvalue weighted by Crippen LogP contribution is 2.07. The number of rotatable bonds is 4. The maximum Gasteiger partial charge on any atom is 0.235 e. The Morgan fingerprint density at radius 1 is 1.23 bits per heavy atom. The molecule has 0 N–H and O–H groups in total. The zero-order chi connectivity index (χ0) is 9.52. The molecule has 0 aliphatic carbocycles. The number of isocyanates is 1. The molecule has 0 saturated heterocycles. The molecule has 0 spiro atoms. The third kappa shape index (κ3) is 3.22. The van der Waals surface area contributed by atoms with Gasteiger partial charge in [0.05, 0.1) is 6.54 Å². The van der Waals surface area contributed by atoms with E-state index in [0.717, 1.165) is 18.4 Å². The normalized spacial score (nSPS) is 9.31. The van der Waals surface area contributed by atoms with Gasteiger partial charge in [0.15, 0.2) is 0 Å². The van der Waals surface area contributed by atoms with Crippen molar-refractivity contribution in [3.8, 4) is 0 Å². The number of hydrogen-bond donors (Lipinski definition) is 0. The number of aryl methyl sites for hydroxylation is 1. The predicted octanol–water partition coefficient (Wildman–Crippen LogP) is 2.47. The highest BCUT2D eigenvalue weighted by atomic mass is 16.1. The minimum absolute atomic E-state index is 0.440. The van der Waals surface area contributed by atoms with Crippen LogP contribution >= 0.6 is 0 Å². The van der Waals surface area contributed by atoms with Crippen molar-refractivity contribution in [1.82, 2.24) is 0 Å². The van der Waals surface area contributed by atoms with E-state index in [9.17, 15) is 4.79 Å². The van der Waals surface area contributed by atoms with Crippen molar-refractivity contribution < 1.29 is 4.79 Å². The maximum atomic E-state index is 9.86. The van der Waals surface area contributed by atoms with Crippen LogP contribution in [0.4, 0.5) is 0 Å². The maximum absolute atomic E-state index is 9.86. The molecular weight excluding hydrogens is 162 g/mol. The van der Waals surface area contributed by atoms with Crippen LogP contribution in [-0.2, 0) is 17.8 Å². The molecule has 68 valence electrons. The summed E-state index contributed by atoms with van der Waals surface area (Å²) in [5.74, 6) is 0. The Kier molecular flexibility index (Phi) is 3.94. The standard InChI is InChI=1S/C11H13NO/c1-2-3-10-4-6-11(7-5-10)8-12-9-13/h4-7H,2-3,8H2,1H3. The van der Waals surface area contributed by atoms with Crippen LogP contribution in [0.3, 0.4) is 0 Å². The molecule has 1 aromatic rings. The quantitative estimate of drug-likeness (QED) is 0.510. The Bertz CT molecular complexity index is 296. The van der Waals surface area contributed by atoms with E-state index in [1.54, 1.807) is 0 Å². The van der Waals surface area contributed by atoms with Gasteiger partial charge >= 0.3 is 0 Å².